The number of quaternary nitrogens is 1. The lowest BCUT2D eigenvalue weighted by Gasteiger charge is -2.66. The van der Waals surface area contributed by atoms with Gasteiger partial charge in [-0.15, -0.1) is 0 Å². The van der Waals surface area contributed by atoms with Crippen molar-refractivity contribution in [2.75, 3.05) is 32.8 Å². The first-order valence-corrected chi connectivity index (χ1v) is 8.50. The third-order valence-electron chi connectivity index (χ3n) is 5.46. The zero-order chi connectivity index (χ0) is 14.0. The molecule has 0 aliphatic carbocycles. The summed E-state index contributed by atoms with van der Waals surface area (Å²) < 4.78 is 2.55. The van der Waals surface area contributed by atoms with Gasteiger partial charge < -0.3 is 4.48 Å². The predicted octanol–water partition coefficient (Wildman–Crippen LogP) is 3.47. The van der Waals surface area contributed by atoms with Gasteiger partial charge in [0.25, 0.3) is 0 Å². The van der Waals surface area contributed by atoms with Crippen LogP contribution in [-0.2, 0) is 6.54 Å². The molecule has 0 N–H and O–H groups in total. The van der Waals surface area contributed by atoms with Crippen LogP contribution in [0, 0.1) is 10.8 Å². The number of halogens is 1. The van der Waals surface area contributed by atoms with Crippen LogP contribution in [0.3, 0.4) is 0 Å². The summed E-state index contributed by atoms with van der Waals surface area (Å²) in [6.07, 6.45) is 1.42. The number of piperidine rings is 2. The number of hydrogen-bond acceptors (Lipinski definition) is 1. The van der Waals surface area contributed by atoms with Crippen molar-refractivity contribution in [3.8, 4) is 0 Å². The van der Waals surface area contributed by atoms with Gasteiger partial charge in [0.1, 0.15) is 13.2 Å². The fourth-order valence-corrected chi connectivity index (χ4v) is 6.35. The molecule has 108 valence electrons. The van der Waals surface area contributed by atoms with Crippen molar-refractivity contribution in [3.05, 3.63) is 34.3 Å². The third kappa shape index (κ3) is 2.06. The molecule has 4 saturated heterocycles. The van der Waals surface area contributed by atoms with E-state index in [0.29, 0.717) is 10.8 Å². The monoisotopic (exact) mass is 335 g/mol. The summed E-state index contributed by atoms with van der Waals surface area (Å²) in [7, 11) is 0. The minimum atomic E-state index is 0.532. The fraction of sp³-hybridized carbons (Fsp3) is 0.647. The lowest BCUT2D eigenvalue weighted by Crippen LogP contribution is -2.77. The molecule has 4 bridgehead atoms. The highest BCUT2D eigenvalue weighted by Gasteiger charge is 2.60. The molecule has 1 aromatic carbocycles. The van der Waals surface area contributed by atoms with Crippen molar-refractivity contribution in [3.63, 3.8) is 0 Å². The van der Waals surface area contributed by atoms with Crippen LogP contribution in [0.25, 0.3) is 0 Å². The number of benzene rings is 1. The van der Waals surface area contributed by atoms with Gasteiger partial charge >= 0.3 is 0 Å². The molecule has 4 aliphatic heterocycles. The van der Waals surface area contributed by atoms with E-state index >= 15 is 0 Å². The second-order valence-corrected chi connectivity index (χ2v) is 9.19. The summed E-state index contributed by atoms with van der Waals surface area (Å²) >= 11 is 3.74. The van der Waals surface area contributed by atoms with Gasteiger partial charge in [-0.1, -0.05) is 48.0 Å². The highest BCUT2D eigenvalue weighted by Crippen LogP contribution is 2.52. The Morgan fingerprint density at radius 3 is 2.40 bits per heavy atom. The van der Waals surface area contributed by atoms with Crippen LogP contribution in [0.15, 0.2) is 28.7 Å². The van der Waals surface area contributed by atoms with Crippen molar-refractivity contribution in [1.29, 1.82) is 0 Å². The summed E-state index contributed by atoms with van der Waals surface area (Å²) in [5.41, 5.74) is 2.54. The molecule has 2 nitrogen and oxygen atoms in total. The third-order valence-corrected chi connectivity index (χ3v) is 6.24. The number of nitrogens with zero attached hydrogens (tertiary/aromatic N) is 2. The maximum absolute atomic E-state index is 3.74. The minimum absolute atomic E-state index is 0.532. The van der Waals surface area contributed by atoms with Crippen molar-refractivity contribution < 1.29 is 4.48 Å². The molecule has 2 atom stereocenters. The molecule has 0 radical (unpaired) electrons. The Kier molecular flexibility index (Phi) is 2.72. The molecule has 5 rings (SSSR count). The van der Waals surface area contributed by atoms with Gasteiger partial charge in [-0.3, -0.25) is 4.90 Å². The van der Waals surface area contributed by atoms with Crippen molar-refractivity contribution >= 4 is 15.9 Å². The van der Waals surface area contributed by atoms with Gasteiger partial charge in [0.2, 0.25) is 0 Å². The van der Waals surface area contributed by atoms with Gasteiger partial charge in [0.15, 0.2) is 0 Å². The van der Waals surface area contributed by atoms with Crippen LogP contribution >= 0.6 is 15.9 Å². The van der Waals surface area contributed by atoms with E-state index in [-0.39, 0.29) is 0 Å². The maximum atomic E-state index is 3.74. The Balaban J connectivity index is 1.69. The average Bonchev–Trinajstić information content (AvgIpc) is 2.27. The Labute approximate surface area is 130 Å². The smallest absolute Gasteiger partial charge is 0.135 e. The predicted molar refractivity (Wildman–Crippen MR) is 85.1 cm³/mol. The van der Waals surface area contributed by atoms with Gasteiger partial charge in [0.05, 0.1) is 13.1 Å². The summed E-state index contributed by atoms with van der Waals surface area (Å²) in [6, 6.07) is 8.77. The molecule has 0 amide bonds. The molecule has 0 spiro atoms. The Bertz CT molecular complexity index is 538. The second kappa shape index (κ2) is 4.08. The van der Waals surface area contributed by atoms with Crippen LogP contribution in [0.1, 0.15) is 25.8 Å². The van der Waals surface area contributed by atoms with Crippen molar-refractivity contribution in [2.24, 2.45) is 10.8 Å². The molecule has 0 unspecified atom stereocenters. The van der Waals surface area contributed by atoms with Crippen LogP contribution < -0.4 is 0 Å². The van der Waals surface area contributed by atoms with E-state index in [1.54, 1.807) is 0 Å². The zero-order valence-electron chi connectivity index (χ0n) is 12.5. The lowest BCUT2D eigenvalue weighted by atomic mass is 9.63. The quantitative estimate of drug-likeness (QED) is 0.748. The molecule has 4 fully saturated rings. The molecule has 1 aromatic rings. The van der Waals surface area contributed by atoms with Crippen LogP contribution in [0.4, 0.5) is 0 Å². The molecular formula is C17H24BrN2+. The molecular weight excluding hydrogens is 312 g/mol. The summed E-state index contributed by atoms with van der Waals surface area (Å²) in [4.78, 5) is 2.73. The lowest BCUT2D eigenvalue weighted by molar-refractivity contribution is -0.981. The molecule has 3 heteroatoms. The Morgan fingerprint density at radius 2 is 1.80 bits per heavy atom. The Morgan fingerprint density at radius 1 is 1.15 bits per heavy atom. The number of rotatable bonds is 2. The van der Waals surface area contributed by atoms with E-state index in [2.05, 4.69) is 58.9 Å². The fourth-order valence-electron chi connectivity index (χ4n) is 5.94. The molecule has 0 aromatic heterocycles. The molecule has 4 aliphatic rings. The largest absolute Gasteiger partial charge is 0.306 e. The molecule has 4 heterocycles. The maximum Gasteiger partial charge on any atom is 0.135 e. The molecule has 20 heavy (non-hydrogen) atoms. The highest BCUT2D eigenvalue weighted by atomic mass is 79.9. The van der Waals surface area contributed by atoms with Gasteiger partial charge in [-0.2, -0.15) is 0 Å². The standard InChI is InChI=1S/C17H24BrN2/c1-16-8-17(2)10-19(9-16)13-20(11-16,12-17)7-14-5-3-4-6-15(14)18/h3-6H,7-13H2,1-2H3/q+1/t16-,17-/m0/s1. The first-order valence-electron chi connectivity index (χ1n) is 7.70. The normalized spacial score (nSPS) is 45.9. The molecule has 0 saturated carbocycles. The summed E-state index contributed by atoms with van der Waals surface area (Å²) in [5, 5.41) is 0. The van der Waals surface area contributed by atoms with Crippen molar-refractivity contribution in [2.45, 2.75) is 26.8 Å². The van der Waals surface area contributed by atoms with Gasteiger partial charge in [-0.05, 0) is 12.5 Å². The average molecular weight is 336 g/mol. The SMILES string of the molecule is C[C@@]12CN3C[C@](C)(C1)C[N+](Cc1ccccc1Br)(C3)C2. The van der Waals surface area contributed by atoms with E-state index in [1.807, 2.05) is 0 Å². The van der Waals surface area contributed by atoms with Gasteiger partial charge in [-0.25, -0.2) is 0 Å². The highest BCUT2D eigenvalue weighted by molar-refractivity contribution is 9.10. The van der Waals surface area contributed by atoms with Crippen LogP contribution in [-0.4, -0.2) is 42.2 Å². The first kappa shape index (κ1) is 13.3. The minimum Gasteiger partial charge on any atom is -0.306 e. The van der Waals surface area contributed by atoms with E-state index in [9.17, 15) is 0 Å². The van der Waals surface area contributed by atoms with Gasteiger partial charge in [0, 0.05) is 34.0 Å². The Hall–Kier alpha value is -0.380. The topological polar surface area (TPSA) is 3.24 Å². The van der Waals surface area contributed by atoms with Crippen LogP contribution in [0.5, 0.6) is 0 Å². The van der Waals surface area contributed by atoms with E-state index in [1.165, 1.54) is 60.3 Å². The van der Waals surface area contributed by atoms with Crippen LogP contribution in [0.2, 0.25) is 0 Å². The van der Waals surface area contributed by atoms with E-state index in [0.717, 1.165) is 0 Å². The second-order valence-electron chi connectivity index (χ2n) is 8.33. The van der Waals surface area contributed by atoms with E-state index in [4.69, 9.17) is 0 Å². The summed E-state index contributed by atoms with van der Waals surface area (Å²) in [6.45, 7) is 12.8. The summed E-state index contributed by atoms with van der Waals surface area (Å²) in [5.74, 6) is 0. The van der Waals surface area contributed by atoms with E-state index < -0.39 is 0 Å². The number of hydrogen-bond donors (Lipinski definition) is 0. The first-order chi connectivity index (χ1) is 9.40. The zero-order valence-corrected chi connectivity index (χ0v) is 14.1. The van der Waals surface area contributed by atoms with Crippen molar-refractivity contribution in [1.82, 2.24) is 4.90 Å².